The number of rotatable bonds is 3. The SMILES string of the molecule is Cn1cc(CC(O)c2cccc3c2NCC3)nn1. The van der Waals surface area contributed by atoms with Crippen LogP contribution in [0.15, 0.2) is 24.4 Å². The molecule has 0 spiro atoms. The van der Waals surface area contributed by atoms with E-state index in [0.717, 1.165) is 29.9 Å². The van der Waals surface area contributed by atoms with Gasteiger partial charge in [0.25, 0.3) is 0 Å². The summed E-state index contributed by atoms with van der Waals surface area (Å²) in [5.74, 6) is 0. The Morgan fingerprint density at radius 2 is 2.39 bits per heavy atom. The normalized spacial score (nSPS) is 15.2. The van der Waals surface area contributed by atoms with Crippen molar-refractivity contribution in [3.05, 3.63) is 41.2 Å². The van der Waals surface area contributed by atoms with Crippen molar-refractivity contribution in [2.24, 2.45) is 7.05 Å². The van der Waals surface area contributed by atoms with Gasteiger partial charge in [0.05, 0.1) is 11.8 Å². The summed E-state index contributed by atoms with van der Waals surface area (Å²) in [5, 5.41) is 21.6. The monoisotopic (exact) mass is 244 g/mol. The lowest BCUT2D eigenvalue weighted by molar-refractivity contribution is 0.178. The van der Waals surface area contributed by atoms with E-state index in [2.05, 4.69) is 21.7 Å². The van der Waals surface area contributed by atoms with Crippen LogP contribution in [0, 0.1) is 0 Å². The molecular weight excluding hydrogens is 228 g/mol. The molecule has 1 aliphatic rings. The van der Waals surface area contributed by atoms with Crippen molar-refractivity contribution < 1.29 is 5.11 Å². The molecule has 5 heteroatoms. The van der Waals surface area contributed by atoms with Gasteiger partial charge in [-0.1, -0.05) is 23.4 Å². The number of aryl methyl sites for hydroxylation is 1. The van der Waals surface area contributed by atoms with Crippen molar-refractivity contribution in [2.75, 3.05) is 11.9 Å². The van der Waals surface area contributed by atoms with E-state index in [1.54, 1.807) is 4.68 Å². The smallest absolute Gasteiger partial charge is 0.0866 e. The zero-order chi connectivity index (χ0) is 12.5. The summed E-state index contributed by atoms with van der Waals surface area (Å²) < 4.78 is 1.65. The number of nitrogens with one attached hydrogen (secondary N) is 1. The first-order chi connectivity index (χ1) is 8.74. The fourth-order valence-corrected chi connectivity index (χ4v) is 2.44. The Kier molecular flexibility index (Phi) is 2.76. The van der Waals surface area contributed by atoms with E-state index >= 15 is 0 Å². The molecule has 0 radical (unpaired) electrons. The largest absolute Gasteiger partial charge is 0.388 e. The molecule has 0 bridgehead atoms. The lowest BCUT2D eigenvalue weighted by Crippen LogP contribution is -2.05. The van der Waals surface area contributed by atoms with E-state index in [1.807, 2.05) is 25.4 Å². The van der Waals surface area contributed by atoms with Gasteiger partial charge >= 0.3 is 0 Å². The zero-order valence-corrected chi connectivity index (χ0v) is 10.3. The number of aliphatic hydroxyl groups is 1. The third-order valence-corrected chi connectivity index (χ3v) is 3.29. The molecule has 2 aromatic rings. The van der Waals surface area contributed by atoms with E-state index in [1.165, 1.54) is 5.56 Å². The van der Waals surface area contributed by atoms with E-state index in [0.29, 0.717) is 6.42 Å². The number of aromatic nitrogens is 3. The maximum Gasteiger partial charge on any atom is 0.0866 e. The van der Waals surface area contributed by atoms with Gasteiger partial charge in [0, 0.05) is 37.5 Å². The van der Waals surface area contributed by atoms with Gasteiger partial charge < -0.3 is 10.4 Å². The van der Waals surface area contributed by atoms with Gasteiger partial charge in [0.1, 0.15) is 0 Å². The summed E-state index contributed by atoms with van der Waals surface area (Å²) in [6.45, 7) is 0.949. The molecule has 5 nitrogen and oxygen atoms in total. The molecule has 1 aromatic heterocycles. The van der Waals surface area contributed by atoms with Crippen molar-refractivity contribution in [2.45, 2.75) is 18.9 Å². The number of hydrogen-bond acceptors (Lipinski definition) is 4. The number of aliphatic hydroxyl groups excluding tert-OH is 1. The number of anilines is 1. The number of fused-ring (bicyclic) bond motifs is 1. The molecule has 0 aliphatic carbocycles. The van der Waals surface area contributed by atoms with Gasteiger partial charge in [-0.25, -0.2) is 0 Å². The third kappa shape index (κ3) is 1.97. The van der Waals surface area contributed by atoms with Gasteiger partial charge in [-0.3, -0.25) is 4.68 Å². The van der Waals surface area contributed by atoms with Crippen LogP contribution in [0.3, 0.4) is 0 Å². The third-order valence-electron chi connectivity index (χ3n) is 3.29. The van der Waals surface area contributed by atoms with Crippen molar-refractivity contribution in [3.63, 3.8) is 0 Å². The van der Waals surface area contributed by atoms with Gasteiger partial charge in [-0.15, -0.1) is 5.10 Å². The van der Waals surface area contributed by atoms with Crippen molar-refractivity contribution in [1.82, 2.24) is 15.0 Å². The predicted octanol–water partition coefficient (Wildman–Crippen LogP) is 1.06. The van der Waals surface area contributed by atoms with Crippen LogP contribution in [0.2, 0.25) is 0 Å². The highest BCUT2D eigenvalue weighted by Crippen LogP contribution is 2.31. The van der Waals surface area contributed by atoms with Crippen LogP contribution in [0.4, 0.5) is 5.69 Å². The van der Waals surface area contributed by atoms with Crippen LogP contribution >= 0.6 is 0 Å². The quantitative estimate of drug-likeness (QED) is 0.847. The molecule has 1 aromatic carbocycles. The second kappa shape index (κ2) is 4.42. The summed E-state index contributed by atoms with van der Waals surface area (Å²) in [4.78, 5) is 0. The highest BCUT2D eigenvalue weighted by Gasteiger charge is 2.19. The summed E-state index contributed by atoms with van der Waals surface area (Å²) in [7, 11) is 1.82. The van der Waals surface area contributed by atoms with Gasteiger partial charge in [-0.2, -0.15) is 0 Å². The molecule has 0 saturated carbocycles. The van der Waals surface area contributed by atoms with Crippen molar-refractivity contribution in [1.29, 1.82) is 0 Å². The molecule has 0 saturated heterocycles. The fourth-order valence-electron chi connectivity index (χ4n) is 2.44. The molecule has 94 valence electrons. The van der Waals surface area contributed by atoms with E-state index < -0.39 is 6.10 Å². The maximum absolute atomic E-state index is 10.3. The molecule has 1 atom stereocenters. The van der Waals surface area contributed by atoms with Crippen LogP contribution in [-0.4, -0.2) is 26.6 Å². The lowest BCUT2D eigenvalue weighted by Gasteiger charge is -2.14. The molecule has 18 heavy (non-hydrogen) atoms. The highest BCUT2D eigenvalue weighted by molar-refractivity contribution is 5.61. The molecule has 0 amide bonds. The Hall–Kier alpha value is -1.88. The van der Waals surface area contributed by atoms with Crippen LogP contribution in [-0.2, 0) is 19.9 Å². The second-order valence-electron chi connectivity index (χ2n) is 4.66. The Labute approximate surface area is 105 Å². The average Bonchev–Trinajstić information content (AvgIpc) is 2.97. The Bertz CT molecular complexity index is 564. The molecular formula is C13H16N4O. The Morgan fingerprint density at radius 1 is 1.50 bits per heavy atom. The van der Waals surface area contributed by atoms with Crippen LogP contribution in [0.1, 0.15) is 22.9 Å². The fraction of sp³-hybridized carbons (Fsp3) is 0.385. The maximum atomic E-state index is 10.3. The second-order valence-corrected chi connectivity index (χ2v) is 4.66. The molecule has 2 heterocycles. The van der Waals surface area contributed by atoms with Crippen LogP contribution in [0.25, 0.3) is 0 Å². The van der Waals surface area contributed by atoms with E-state index in [-0.39, 0.29) is 0 Å². The van der Waals surface area contributed by atoms with E-state index in [4.69, 9.17) is 0 Å². The molecule has 0 fully saturated rings. The molecule has 3 rings (SSSR count). The molecule has 2 N–H and O–H groups in total. The summed E-state index contributed by atoms with van der Waals surface area (Å²) in [5.41, 5.74) is 4.14. The van der Waals surface area contributed by atoms with Crippen LogP contribution < -0.4 is 5.32 Å². The first-order valence-electron chi connectivity index (χ1n) is 6.13. The van der Waals surface area contributed by atoms with Crippen molar-refractivity contribution >= 4 is 5.69 Å². The summed E-state index contributed by atoms with van der Waals surface area (Å²) in [6, 6.07) is 6.08. The zero-order valence-electron chi connectivity index (χ0n) is 10.3. The number of para-hydroxylation sites is 1. The first-order valence-corrected chi connectivity index (χ1v) is 6.13. The molecule has 1 aliphatic heterocycles. The standard InChI is InChI=1S/C13H16N4O/c1-17-8-10(15-16-17)7-12(18)11-4-2-3-9-5-6-14-13(9)11/h2-4,8,12,14,18H,5-7H2,1H3. The predicted molar refractivity (Wildman–Crippen MR) is 68.3 cm³/mol. The Balaban J connectivity index is 1.84. The number of nitrogens with zero attached hydrogens (tertiary/aromatic N) is 3. The Morgan fingerprint density at radius 3 is 3.17 bits per heavy atom. The molecule has 1 unspecified atom stereocenters. The minimum atomic E-state index is -0.540. The summed E-state index contributed by atoms with van der Waals surface area (Å²) >= 11 is 0. The topological polar surface area (TPSA) is 63.0 Å². The summed E-state index contributed by atoms with van der Waals surface area (Å²) in [6.07, 6.45) is 2.81. The van der Waals surface area contributed by atoms with Crippen LogP contribution in [0.5, 0.6) is 0 Å². The van der Waals surface area contributed by atoms with Gasteiger partial charge in [0.2, 0.25) is 0 Å². The lowest BCUT2D eigenvalue weighted by atomic mass is 10.0. The van der Waals surface area contributed by atoms with Gasteiger partial charge in [-0.05, 0) is 12.0 Å². The van der Waals surface area contributed by atoms with Crippen molar-refractivity contribution in [3.8, 4) is 0 Å². The number of benzene rings is 1. The number of hydrogen-bond donors (Lipinski definition) is 2. The highest BCUT2D eigenvalue weighted by atomic mass is 16.3. The van der Waals surface area contributed by atoms with E-state index in [9.17, 15) is 5.11 Å². The minimum Gasteiger partial charge on any atom is -0.388 e. The first kappa shape index (κ1) is 11.2. The minimum absolute atomic E-state index is 0.492. The average molecular weight is 244 g/mol. The van der Waals surface area contributed by atoms with Gasteiger partial charge in [0.15, 0.2) is 0 Å².